The largest absolute Gasteiger partial charge is 0.479 e. The van der Waals surface area contributed by atoms with Gasteiger partial charge in [-0.3, -0.25) is 9.59 Å². The highest BCUT2D eigenvalue weighted by Crippen LogP contribution is 2.23. The molecule has 1 saturated heterocycles. The molecule has 0 aromatic rings. The molecule has 6 atom stereocenters. The molecular formula is C43H78O11. The fraction of sp³-hybridized carbons (Fsp3) is 0.884. The highest BCUT2D eigenvalue weighted by Gasteiger charge is 2.47. The molecule has 0 saturated carbocycles. The van der Waals surface area contributed by atoms with Crippen molar-refractivity contribution in [3.8, 4) is 0 Å². The van der Waals surface area contributed by atoms with Crippen molar-refractivity contribution in [3.05, 3.63) is 12.2 Å². The van der Waals surface area contributed by atoms with Gasteiger partial charge in [0.25, 0.3) is 0 Å². The number of allylic oxidation sites excluding steroid dienone is 2. The Morgan fingerprint density at radius 3 is 1.50 bits per heavy atom. The van der Waals surface area contributed by atoms with Crippen LogP contribution in [0.15, 0.2) is 12.2 Å². The van der Waals surface area contributed by atoms with Crippen molar-refractivity contribution in [1.82, 2.24) is 0 Å². The molecule has 4 N–H and O–H groups in total. The van der Waals surface area contributed by atoms with E-state index in [0.717, 1.165) is 57.8 Å². The van der Waals surface area contributed by atoms with Crippen molar-refractivity contribution >= 4 is 17.9 Å². The third kappa shape index (κ3) is 25.9. The van der Waals surface area contributed by atoms with Crippen molar-refractivity contribution in [2.75, 3.05) is 13.2 Å². The fourth-order valence-corrected chi connectivity index (χ4v) is 6.62. The van der Waals surface area contributed by atoms with Gasteiger partial charge in [-0.15, -0.1) is 0 Å². The lowest BCUT2D eigenvalue weighted by atomic mass is 9.99. The number of aliphatic hydroxyl groups excluding tert-OH is 3. The lowest BCUT2D eigenvalue weighted by Crippen LogP contribution is -2.60. The van der Waals surface area contributed by atoms with Crippen LogP contribution < -0.4 is 0 Å². The first-order valence-corrected chi connectivity index (χ1v) is 21.7. The Hall–Kier alpha value is -2.05. The first-order chi connectivity index (χ1) is 26.2. The summed E-state index contributed by atoms with van der Waals surface area (Å²) in [6.45, 7) is 3.77. The number of carboxylic acids is 1. The van der Waals surface area contributed by atoms with E-state index in [0.29, 0.717) is 12.8 Å². The van der Waals surface area contributed by atoms with Crippen LogP contribution in [0.5, 0.6) is 0 Å². The summed E-state index contributed by atoms with van der Waals surface area (Å²) in [6, 6.07) is 0. The van der Waals surface area contributed by atoms with E-state index in [1.165, 1.54) is 96.3 Å². The van der Waals surface area contributed by atoms with Crippen LogP contribution in [0, 0.1) is 0 Å². The third-order valence-electron chi connectivity index (χ3n) is 10.1. The number of unbranched alkanes of at least 4 members (excludes halogenated alkanes) is 23. The van der Waals surface area contributed by atoms with Crippen LogP contribution in [0.3, 0.4) is 0 Å². The van der Waals surface area contributed by atoms with Gasteiger partial charge in [0, 0.05) is 12.8 Å². The smallest absolute Gasteiger partial charge is 0.335 e. The molecule has 11 nitrogen and oxygen atoms in total. The number of carboxylic acid groups (broad SMARTS) is 1. The van der Waals surface area contributed by atoms with Crippen molar-refractivity contribution < 1.29 is 53.8 Å². The van der Waals surface area contributed by atoms with Crippen LogP contribution in [-0.2, 0) is 33.3 Å². The minimum absolute atomic E-state index is 0.187. The van der Waals surface area contributed by atoms with Crippen LogP contribution in [0.1, 0.15) is 194 Å². The molecule has 0 bridgehead atoms. The zero-order chi connectivity index (χ0) is 39.7. The molecule has 0 aliphatic carbocycles. The van der Waals surface area contributed by atoms with Gasteiger partial charge >= 0.3 is 17.9 Å². The maximum atomic E-state index is 12.7. The molecule has 1 aliphatic heterocycles. The molecule has 316 valence electrons. The van der Waals surface area contributed by atoms with E-state index in [1.54, 1.807) is 0 Å². The molecule has 1 heterocycles. The summed E-state index contributed by atoms with van der Waals surface area (Å²) in [4.78, 5) is 36.7. The Labute approximate surface area is 326 Å². The van der Waals surface area contributed by atoms with Crippen molar-refractivity contribution in [2.24, 2.45) is 0 Å². The normalized spacial score (nSPS) is 20.6. The number of esters is 2. The average molecular weight is 771 g/mol. The first-order valence-electron chi connectivity index (χ1n) is 21.7. The van der Waals surface area contributed by atoms with Crippen molar-refractivity contribution in [2.45, 2.75) is 230 Å². The SMILES string of the molecule is CCCC/C=C\CCCCCCCC(=O)OCC(COC1OC(C(=O)O)C(O)C(O)C1O)OC(=O)CCCCCCCCCCCCCCCCCCC. The van der Waals surface area contributed by atoms with Gasteiger partial charge in [-0.2, -0.15) is 0 Å². The number of aliphatic hydroxyl groups is 3. The molecule has 0 aromatic carbocycles. The van der Waals surface area contributed by atoms with Gasteiger partial charge < -0.3 is 39.4 Å². The zero-order valence-corrected chi connectivity index (χ0v) is 34.0. The lowest BCUT2D eigenvalue weighted by molar-refractivity contribution is -0.298. The molecule has 0 spiro atoms. The summed E-state index contributed by atoms with van der Waals surface area (Å²) in [6.07, 6.45) is 25.6. The summed E-state index contributed by atoms with van der Waals surface area (Å²) >= 11 is 0. The monoisotopic (exact) mass is 771 g/mol. The van der Waals surface area contributed by atoms with Gasteiger partial charge in [0.05, 0.1) is 6.61 Å². The standard InChI is InChI=1S/C43H78O11/c1-3-5-7-9-11-13-15-16-17-18-19-20-22-24-26-28-30-32-37(45)53-35(34-52-43-40(48)38(46)39(47)41(54-43)42(49)50)33-51-36(44)31-29-27-25-23-21-14-12-10-8-6-4-2/h10,12,35,38-41,43,46-48H,3-9,11,13-34H2,1-2H3,(H,49,50)/b12-10-. The molecule has 0 aromatic heterocycles. The second-order valence-electron chi connectivity index (χ2n) is 15.2. The van der Waals surface area contributed by atoms with E-state index in [4.69, 9.17) is 18.9 Å². The molecule has 1 aliphatic rings. The summed E-state index contributed by atoms with van der Waals surface area (Å²) < 4.78 is 21.7. The van der Waals surface area contributed by atoms with Crippen LogP contribution >= 0.6 is 0 Å². The molecule has 54 heavy (non-hydrogen) atoms. The van der Waals surface area contributed by atoms with Gasteiger partial charge in [-0.05, 0) is 32.1 Å². The third-order valence-corrected chi connectivity index (χ3v) is 10.1. The first kappa shape index (κ1) is 50.0. The van der Waals surface area contributed by atoms with Crippen LogP contribution in [0.25, 0.3) is 0 Å². The Morgan fingerprint density at radius 1 is 0.556 bits per heavy atom. The fourth-order valence-electron chi connectivity index (χ4n) is 6.62. The quantitative estimate of drug-likeness (QED) is 0.0273. The van der Waals surface area contributed by atoms with E-state index in [9.17, 15) is 34.8 Å². The Balaban J connectivity index is 2.36. The predicted octanol–water partition coefficient (Wildman–Crippen LogP) is 8.87. The molecule has 11 heteroatoms. The number of hydrogen-bond donors (Lipinski definition) is 4. The molecule has 0 radical (unpaired) electrons. The van der Waals surface area contributed by atoms with Gasteiger partial charge in [-0.1, -0.05) is 161 Å². The van der Waals surface area contributed by atoms with E-state index in [-0.39, 0.29) is 26.1 Å². The number of hydrogen-bond acceptors (Lipinski definition) is 10. The highest BCUT2D eigenvalue weighted by atomic mass is 16.7. The lowest BCUT2D eigenvalue weighted by Gasteiger charge is -2.38. The van der Waals surface area contributed by atoms with Gasteiger partial charge in [0.15, 0.2) is 18.5 Å². The second-order valence-corrected chi connectivity index (χ2v) is 15.2. The number of carbonyl (C=O) groups excluding carboxylic acids is 2. The van der Waals surface area contributed by atoms with E-state index >= 15 is 0 Å². The summed E-state index contributed by atoms with van der Waals surface area (Å²) in [5.41, 5.74) is 0. The summed E-state index contributed by atoms with van der Waals surface area (Å²) in [7, 11) is 0. The van der Waals surface area contributed by atoms with Gasteiger partial charge in [-0.25, -0.2) is 4.79 Å². The van der Waals surface area contributed by atoms with Crippen molar-refractivity contribution in [3.63, 3.8) is 0 Å². The topological polar surface area (TPSA) is 169 Å². The number of aliphatic carboxylic acids is 1. The van der Waals surface area contributed by atoms with E-state index in [1.807, 2.05) is 0 Å². The number of rotatable bonds is 36. The van der Waals surface area contributed by atoms with Crippen LogP contribution in [-0.4, -0.2) is 88.4 Å². The molecule has 1 fully saturated rings. The van der Waals surface area contributed by atoms with Gasteiger partial charge in [0.2, 0.25) is 0 Å². The van der Waals surface area contributed by atoms with Crippen molar-refractivity contribution in [1.29, 1.82) is 0 Å². The molecule has 1 rings (SSSR count). The molecule has 6 unspecified atom stereocenters. The Morgan fingerprint density at radius 2 is 1.00 bits per heavy atom. The maximum Gasteiger partial charge on any atom is 0.335 e. The minimum atomic E-state index is -1.86. The highest BCUT2D eigenvalue weighted by molar-refractivity contribution is 5.73. The van der Waals surface area contributed by atoms with Gasteiger partial charge in [0.1, 0.15) is 24.9 Å². The summed E-state index contributed by atoms with van der Waals surface area (Å²) in [5.74, 6) is -2.45. The maximum absolute atomic E-state index is 12.7. The summed E-state index contributed by atoms with van der Waals surface area (Å²) in [5, 5.41) is 39.7. The number of carbonyl (C=O) groups is 3. The Kier molecular flexibility index (Phi) is 31.7. The van der Waals surface area contributed by atoms with E-state index in [2.05, 4.69) is 26.0 Å². The predicted molar refractivity (Wildman–Crippen MR) is 211 cm³/mol. The molecule has 0 amide bonds. The van der Waals surface area contributed by atoms with E-state index < -0.39 is 54.7 Å². The molecular weight excluding hydrogens is 692 g/mol. The Bertz CT molecular complexity index is 958. The van der Waals surface area contributed by atoms with Crippen LogP contribution in [0.2, 0.25) is 0 Å². The van der Waals surface area contributed by atoms with Crippen LogP contribution in [0.4, 0.5) is 0 Å². The average Bonchev–Trinajstić information content (AvgIpc) is 3.15. The number of ether oxygens (including phenoxy) is 4. The zero-order valence-electron chi connectivity index (χ0n) is 34.0. The minimum Gasteiger partial charge on any atom is -0.479 e. The second kappa shape index (κ2) is 34.2.